The van der Waals surface area contributed by atoms with Crippen molar-refractivity contribution in [3.8, 4) is 0 Å². The van der Waals surface area contributed by atoms with E-state index in [0.29, 0.717) is 13.2 Å². The van der Waals surface area contributed by atoms with Gasteiger partial charge in [-0.3, -0.25) is 0 Å². The quantitative estimate of drug-likeness (QED) is 0.626. The third kappa shape index (κ3) is 3.90. The van der Waals surface area contributed by atoms with E-state index in [1.807, 2.05) is 18.2 Å². The average molecular weight is 176 g/mol. The summed E-state index contributed by atoms with van der Waals surface area (Å²) in [6, 6.07) is 10.2. The second-order valence-electron chi connectivity index (χ2n) is 3.08. The van der Waals surface area contributed by atoms with Gasteiger partial charge in [0.2, 0.25) is 0 Å². The van der Waals surface area contributed by atoms with Crippen LogP contribution >= 0.6 is 0 Å². The molecule has 0 bridgehead atoms. The number of hydrogen-bond acceptors (Lipinski definition) is 1. The van der Waals surface area contributed by atoms with Crippen LogP contribution in [0.25, 0.3) is 0 Å². The van der Waals surface area contributed by atoms with E-state index < -0.39 is 0 Å². The Hall–Kier alpha value is -1.08. The monoisotopic (exact) mass is 176 g/mol. The normalized spacial score (nSPS) is 9.92. The molecule has 0 N–H and O–H groups in total. The second kappa shape index (κ2) is 5.55. The van der Waals surface area contributed by atoms with E-state index in [9.17, 15) is 0 Å². The van der Waals surface area contributed by atoms with Crippen LogP contribution in [0.5, 0.6) is 0 Å². The van der Waals surface area contributed by atoms with Crippen molar-refractivity contribution in [3.63, 3.8) is 0 Å². The molecule has 0 radical (unpaired) electrons. The van der Waals surface area contributed by atoms with Gasteiger partial charge in [0.05, 0.1) is 13.2 Å². The first kappa shape index (κ1) is 10.0. The number of rotatable bonds is 5. The van der Waals surface area contributed by atoms with Crippen molar-refractivity contribution in [1.29, 1.82) is 0 Å². The Labute approximate surface area is 80.0 Å². The summed E-state index contributed by atoms with van der Waals surface area (Å²) < 4.78 is 5.47. The predicted octanol–water partition coefficient (Wildman–Crippen LogP) is 3.17. The maximum Gasteiger partial charge on any atom is 0.0721 e. The second-order valence-corrected chi connectivity index (χ2v) is 3.08. The molecular formula is C12H16O. The van der Waals surface area contributed by atoms with Gasteiger partial charge in [-0.05, 0) is 12.0 Å². The van der Waals surface area contributed by atoms with E-state index in [1.54, 1.807) is 0 Å². The lowest BCUT2D eigenvalue weighted by atomic mass is 10.2. The minimum atomic E-state index is 0.672. The van der Waals surface area contributed by atoms with Gasteiger partial charge in [0, 0.05) is 0 Å². The third-order valence-corrected chi connectivity index (χ3v) is 1.92. The highest BCUT2D eigenvalue weighted by Crippen LogP contribution is 2.03. The first-order valence-corrected chi connectivity index (χ1v) is 4.61. The van der Waals surface area contributed by atoms with Crippen molar-refractivity contribution in [1.82, 2.24) is 0 Å². The minimum absolute atomic E-state index is 0.672. The van der Waals surface area contributed by atoms with Gasteiger partial charge in [-0.1, -0.05) is 49.4 Å². The Morgan fingerprint density at radius 3 is 2.62 bits per heavy atom. The molecule has 1 aromatic carbocycles. The van der Waals surface area contributed by atoms with Crippen LogP contribution < -0.4 is 0 Å². The molecule has 0 aliphatic rings. The highest BCUT2D eigenvalue weighted by atomic mass is 16.5. The summed E-state index contributed by atoms with van der Waals surface area (Å²) in [7, 11) is 0. The van der Waals surface area contributed by atoms with Crippen molar-refractivity contribution in [3.05, 3.63) is 48.0 Å². The van der Waals surface area contributed by atoms with E-state index >= 15 is 0 Å². The molecule has 0 atom stereocenters. The molecular weight excluding hydrogens is 160 g/mol. The number of ether oxygens (including phenoxy) is 1. The zero-order chi connectivity index (χ0) is 9.52. The van der Waals surface area contributed by atoms with Crippen LogP contribution in [0.3, 0.4) is 0 Å². The van der Waals surface area contributed by atoms with Gasteiger partial charge in [0.15, 0.2) is 0 Å². The molecule has 0 saturated heterocycles. The summed E-state index contributed by atoms with van der Waals surface area (Å²) in [4.78, 5) is 0. The summed E-state index contributed by atoms with van der Waals surface area (Å²) in [5, 5.41) is 0. The van der Waals surface area contributed by atoms with Gasteiger partial charge < -0.3 is 4.74 Å². The summed E-state index contributed by atoms with van der Waals surface area (Å²) in [5.41, 5.74) is 2.36. The molecule has 0 amide bonds. The highest BCUT2D eigenvalue weighted by Gasteiger charge is 1.92. The number of benzene rings is 1. The Bertz CT molecular complexity index is 251. The van der Waals surface area contributed by atoms with Crippen molar-refractivity contribution in [2.45, 2.75) is 20.0 Å². The van der Waals surface area contributed by atoms with Crippen LogP contribution in [0.4, 0.5) is 0 Å². The smallest absolute Gasteiger partial charge is 0.0721 e. The largest absolute Gasteiger partial charge is 0.372 e. The molecule has 1 nitrogen and oxygen atoms in total. The van der Waals surface area contributed by atoms with Crippen LogP contribution in [0.1, 0.15) is 18.9 Å². The van der Waals surface area contributed by atoms with E-state index in [2.05, 4.69) is 25.6 Å². The van der Waals surface area contributed by atoms with Gasteiger partial charge in [-0.2, -0.15) is 0 Å². The van der Waals surface area contributed by atoms with E-state index in [1.165, 1.54) is 5.56 Å². The van der Waals surface area contributed by atoms with Crippen molar-refractivity contribution in [2.75, 3.05) is 6.61 Å². The molecule has 1 aromatic rings. The third-order valence-electron chi connectivity index (χ3n) is 1.92. The molecule has 0 fully saturated rings. The van der Waals surface area contributed by atoms with E-state index in [0.717, 1.165) is 12.0 Å². The Kier molecular flexibility index (Phi) is 4.27. The summed E-state index contributed by atoms with van der Waals surface area (Å²) in [5.74, 6) is 0. The molecule has 0 heterocycles. The van der Waals surface area contributed by atoms with Crippen molar-refractivity contribution in [2.24, 2.45) is 0 Å². The fraction of sp³-hybridized carbons (Fsp3) is 0.333. The molecule has 1 rings (SSSR count). The van der Waals surface area contributed by atoms with Gasteiger partial charge in [-0.25, -0.2) is 0 Å². The van der Waals surface area contributed by atoms with Crippen LogP contribution in [0, 0.1) is 0 Å². The highest BCUT2D eigenvalue weighted by molar-refractivity contribution is 5.13. The molecule has 0 aliphatic heterocycles. The summed E-state index contributed by atoms with van der Waals surface area (Å²) in [6.45, 7) is 7.32. The molecule has 1 heteroatoms. The fourth-order valence-corrected chi connectivity index (χ4v) is 0.990. The number of hydrogen-bond donors (Lipinski definition) is 0. The fourth-order valence-electron chi connectivity index (χ4n) is 0.990. The van der Waals surface area contributed by atoms with Gasteiger partial charge >= 0.3 is 0 Å². The maximum atomic E-state index is 5.47. The first-order valence-electron chi connectivity index (χ1n) is 4.61. The van der Waals surface area contributed by atoms with E-state index in [-0.39, 0.29) is 0 Å². The molecule has 0 aromatic heterocycles. The van der Waals surface area contributed by atoms with Gasteiger partial charge in [0.1, 0.15) is 0 Å². The molecule has 70 valence electrons. The Morgan fingerprint density at radius 1 is 1.31 bits per heavy atom. The zero-order valence-corrected chi connectivity index (χ0v) is 8.12. The first-order chi connectivity index (χ1) is 6.33. The maximum absolute atomic E-state index is 5.47. The minimum Gasteiger partial charge on any atom is -0.372 e. The van der Waals surface area contributed by atoms with Crippen LogP contribution in [0.15, 0.2) is 42.5 Å². The van der Waals surface area contributed by atoms with Crippen LogP contribution in [-0.4, -0.2) is 6.61 Å². The molecule has 0 spiro atoms. The van der Waals surface area contributed by atoms with Crippen molar-refractivity contribution < 1.29 is 4.74 Å². The van der Waals surface area contributed by atoms with Gasteiger partial charge in [0.25, 0.3) is 0 Å². The molecule has 0 saturated carbocycles. The Morgan fingerprint density at radius 2 is 2.00 bits per heavy atom. The SMILES string of the molecule is C=C(CC)COCc1ccccc1. The van der Waals surface area contributed by atoms with Crippen molar-refractivity contribution >= 4 is 0 Å². The van der Waals surface area contributed by atoms with E-state index in [4.69, 9.17) is 4.74 Å². The topological polar surface area (TPSA) is 9.23 Å². The summed E-state index contributed by atoms with van der Waals surface area (Å²) >= 11 is 0. The lowest BCUT2D eigenvalue weighted by molar-refractivity contribution is 0.141. The Balaban J connectivity index is 2.24. The lowest BCUT2D eigenvalue weighted by Gasteiger charge is -2.04. The standard InChI is InChI=1S/C12H16O/c1-3-11(2)9-13-10-12-7-5-4-6-8-12/h4-8H,2-3,9-10H2,1H3. The molecule has 0 unspecified atom stereocenters. The molecule has 0 aliphatic carbocycles. The molecule has 13 heavy (non-hydrogen) atoms. The van der Waals surface area contributed by atoms with Crippen LogP contribution in [0.2, 0.25) is 0 Å². The predicted molar refractivity (Wildman–Crippen MR) is 55.5 cm³/mol. The van der Waals surface area contributed by atoms with Gasteiger partial charge in [-0.15, -0.1) is 0 Å². The summed E-state index contributed by atoms with van der Waals surface area (Å²) in [6.07, 6.45) is 0.995. The zero-order valence-electron chi connectivity index (χ0n) is 8.12. The average Bonchev–Trinajstić information content (AvgIpc) is 2.19. The van der Waals surface area contributed by atoms with Crippen LogP contribution in [-0.2, 0) is 11.3 Å². The lowest BCUT2D eigenvalue weighted by Crippen LogP contribution is -1.96.